The Kier molecular flexibility index (Phi) is 4.12. The van der Waals surface area contributed by atoms with Gasteiger partial charge in [0, 0.05) is 19.7 Å². The molecule has 1 unspecified atom stereocenters. The number of fused-ring (bicyclic) bond motifs is 1. The minimum absolute atomic E-state index is 0. The predicted molar refractivity (Wildman–Crippen MR) is 82.6 cm³/mol. The Morgan fingerprint density at radius 2 is 2.00 bits per heavy atom. The fraction of sp³-hybridized carbons (Fsp3) is 0.357. The van der Waals surface area contributed by atoms with E-state index in [1.165, 1.54) is 12.1 Å². The molecule has 24 heavy (non-hydrogen) atoms. The Labute approximate surface area is 138 Å². The number of hydrogen-bond donors (Lipinski definition) is 1. The number of anilines is 1. The summed E-state index contributed by atoms with van der Waals surface area (Å²) in [6.07, 6.45) is 0.654. The largest absolute Gasteiger partial charge is 0.416 e. The Balaban J connectivity index is 0.00000225. The van der Waals surface area contributed by atoms with Gasteiger partial charge in [0.05, 0.1) is 18.0 Å². The molecular formula is C14H17F3N4O2S+. The van der Waals surface area contributed by atoms with Crippen molar-refractivity contribution < 1.29 is 27.7 Å². The van der Waals surface area contributed by atoms with E-state index in [1.807, 2.05) is 0 Å². The second kappa shape index (κ2) is 5.85. The van der Waals surface area contributed by atoms with E-state index in [2.05, 4.69) is 9.84 Å². The topological polar surface area (TPSA) is 64.8 Å². The number of hydrogen-bond acceptors (Lipinski definition) is 4. The van der Waals surface area contributed by atoms with Crippen LogP contribution in [0.4, 0.5) is 18.9 Å². The first-order valence-corrected chi connectivity index (χ1v) is 8.96. The highest BCUT2D eigenvalue weighted by Gasteiger charge is 2.43. The van der Waals surface area contributed by atoms with Gasteiger partial charge in [-0.3, -0.25) is 4.90 Å². The molecule has 1 aromatic carbocycles. The summed E-state index contributed by atoms with van der Waals surface area (Å²) in [5.41, 5.74) is -0.202. The molecule has 2 aliphatic rings. The fourth-order valence-corrected chi connectivity index (χ4v) is 3.48. The van der Waals surface area contributed by atoms with E-state index in [4.69, 9.17) is 0 Å². The van der Waals surface area contributed by atoms with E-state index in [9.17, 15) is 21.6 Å². The molecule has 1 fully saturated rings. The van der Waals surface area contributed by atoms with E-state index in [1.54, 1.807) is 21.9 Å². The molecule has 6 nitrogen and oxygen atoms in total. The molecule has 131 valence electrons. The van der Waals surface area contributed by atoms with Crippen LogP contribution in [0.25, 0.3) is 0 Å². The molecule has 1 atom stereocenters. The number of alkyl halides is 3. The average molecular weight is 362 g/mol. The van der Waals surface area contributed by atoms with Gasteiger partial charge in [0.1, 0.15) is 6.04 Å². The number of sulfonamides is 1. The Morgan fingerprint density at radius 1 is 1.33 bits per heavy atom. The molecule has 2 heterocycles. The molecule has 3 rings (SSSR count). The number of azo groups is 2. The van der Waals surface area contributed by atoms with Crippen molar-refractivity contribution in [1.82, 2.24) is 4.72 Å². The second-order valence-electron chi connectivity index (χ2n) is 5.61. The zero-order valence-corrected chi connectivity index (χ0v) is 13.5. The van der Waals surface area contributed by atoms with Crippen molar-refractivity contribution in [2.75, 3.05) is 24.2 Å². The van der Waals surface area contributed by atoms with Crippen LogP contribution in [0.2, 0.25) is 0 Å². The van der Waals surface area contributed by atoms with E-state index >= 15 is 0 Å². The zero-order chi connectivity index (χ0) is 17.5. The molecule has 0 saturated carbocycles. The van der Waals surface area contributed by atoms with Gasteiger partial charge in [-0.05, 0) is 29.4 Å². The van der Waals surface area contributed by atoms with E-state index < -0.39 is 27.8 Å². The SMILES string of the molecule is CS(=O)(=O)NC1CN(c2ccc(C(F)(F)F)cc2)[C]2C=CN=[N+]2C1.[HH]. The number of benzene rings is 1. The molecule has 0 aromatic heterocycles. The molecule has 1 radical (unpaired) electrons. The summed E-state index contributed by atoms with van der Waals surface area (Å²) in [6.45, 7) is 0.649. The van der Waals surface area contributed by atoms with E-state index in [-0.39, 0.29) is 1.43 Å². The summed E-state index contributed by atoms with van der Waals surface area (Å²) >= 11 is 0. The third kappa shape index (κ3) is 3.59. The van der Waals surface area contributed by atoms with Crippen LogP contribution < -0.4 is 9.62 Å². The van der Waals surface area contributed by atoms with Crippen LogP contribution >= 0.6 is 0 Å². The molecule has 0 aliphatic carbocycles. The van der Waals surface area contributed by atoms with Crippen molar-refractivity contribution in [2.45, 2.75) is 12.2 Å². The van der Waals surface area contributed by atoms with Crippen molar-refractivity contribution in [2.24, 2.45) is 5.11 Å². The Morgan fingerprint density at radius 3 is 2.58 bits per heavy atom. The summed E-state index contributed by atoms with van der Waals surface area (Å²) in [4.78, 5) is 1.74. The summed E-state index contributed by atoms with van der Waals surface area (Å²) in [5.74, 6) is 0. The van der Waals surface area contributed by atoms with E-state index in [0.717, 1.165) is 18.4 Å². The molecule has 0 amide bonds. The first-order valence-electron chi connectivity index (χ1n) is 7.07. The number of rotatable bonds is 3. The maximum Gasteiger partial charge on any atom is 0.416 e. The Bertz CT molecular complexity index is 793. The maximum absolute atomic E-state index is 12.7. The normalized spacial score (nSPS) is 21.8. The highest BCUT2D eigenvalue weighted by atomic mass is 32.2. The van der Waals surface area contributed by atoms with Crippen LogP contribution in [-0.4, -0.2) is 38.5 Å². The van der Waals surface area contributed by atoms with Gasteiger partial charge in [0.15, 0.2) is 6.54 Å². The zero-order valence-electron chi connectivity index (χ0n) is 12.7. The summed E-state index contributed by atoms with van der Waals surface area (Å²) in [7, 11) is -3.41. The monoisotopic (exact) mass is 362 g/mol. The summed E-state index contributed by atoms with van der Waals surface area (Å²) in [6, 6.07) is 4.30. The molecular weight excluding hydrogens is 345 g/mol. The van der Waals surface area contributed by atoms with Gasteiger partial charge in [-0.15, -0.1) is 0 Å². The van der Waals surface area contributed by atoms with Gasteiger partial charge in [-0.25, -0.2) is 13.1 Å². The van der Waals surface area contributed by atoms with Crippen molar-refractivity contribution in [3.8, 4) is 0 Å². The third-order valence-electron chi connectivity index (χ3n) is 3.65. The predicted octanol–water partition coefficient (Wildman–Crippen LogP) is 2.17. The lowest BCUT2D eigenvalue weighted by atomic mass is 10.1. The molecule has 1 aromatic rings. The fourth-order valence-electron chi connectivity index (χ4n) is 2.72. The van der Waals surface area contributed by atoms with Crippen LogP contribution in [0, 0.1) is 6.17 Å². The van der Waals surface area contributed by atoms with Crippen LogP contribution in [0.3, 0.4) is 0 Å². The number of nitrogens with one attached hydrogen (secondary N) is 1. The summed E-state index contributed by atoms with van der Waals surface area (Å²) < 4.78 is 65.1. The van der Waals surface area contributed by atoms with Gasteiger partial charge in [-0.1, -0.05) is 4.70 Å². The number of halogens is 3. The molecule has 1 saturated heterocycles. The first kappa shape index (κ1) is 16.9. The molecule has 0 spiro atoms. The molecule has 0 bridgehead atoms. The van der Waals surface area contributed by atoms with Crippen LogP contribution in [0.5, 0.6) is 0 Å². The summed E-state index contributed by atoms with van der Waals surface area (Å²) in [5, 5.41) is 4.13. The second-order valence-corrected chi connectivity index (χ2v) is 7.39. The van der Waals surface area contributed by atoms with Crippen LogP contribution in [0.15, 0.2) is 41.7 Å². The lowest BCUT2D eigenvalue weighted by molar-refractivity contribution is -0.574. The molecule has 10 heteroatoms. The first-order chi connectivity index (χ1) is 11.1. The van der Waals surface area contributed by atoms with Crippen molar-refractivity contribution in [3.05, 3.63) is 48.3 Å². The molecule has 2 aliphatic heterocycles. The minimum Gasteiger partial charge on any atom is -0.297 e. The smallest absolute Gasteiger partial charge is 0.297 e. The standard InChI is InChI=1S/C14H15F3N4O2S.H2/c1-24(22,23)19-11-8-20(13-6-7-18-21(13)9-11)12-4-2-10(3-5-12)14(15,16)17;/h2-7,11,19H,8-9H2,1H3;1H/q+1;. The quantitative estimate of drug-likeness (QED) is 0.838. The third-order valence-corrected chi connectivity index (χ3v) is 4.42. The van der Waals surface area contributed by atoms with Crippen molar-refractivity contribution >= 4 is 15.7 Å². The Hall–Kier alpha value is -1.94. The lowest BCUT2D eigenvalue weighted by Crippen LogP contribution is -2.55. The van der Waals surface area contributed by atoms with Gasteiger partial charge in [0.2, 0.25) is 10.0 Å². The minimum atomic E-state index is -4.40. The van der Waals surface area contributed by atoms with Crippen LogP contribution in [0.1, 0.15) is 6.99 Å². The van der Waals surface area contributed by atoms with Gasteiger partial charge >= 0.3 is 12.3 Å². The van der Waals surface area contributed by atoms with Crippen LogP contribution in [-0.2, 0) is 16.2 Å². The molecule has 1 N–H and O–H groups in total. The highest BCUT2D eigenvalue weighted by molar-refractivity contribution is 7.88. The van der Waals surface area contributed by atoms with Gasteiger partial charge < -0.3 is 0 Å². The van der Waals surface area contributed by atoms with Gasteiger partial charge in [0.25, 0.3) is 0 Å². The lowest BCUT2D eigenvalue weighted by Gasteiger charge is -2.32. The van der Waals surface area contributed by atoms with Crippen molar-refractivity contribution in [1.29, 1.82) is 0 Å². The van der Waals surface area contributed by atoms with Gasteiger partial charge in [-0.2, -0.15) is 13.2 Å². The maximum atomic E-state index is 12.7. The number of nitrogens with zero attached hydrogens (tertiary/aromatic N) is 3. The highest BCUT2D eigenvalue weighted by Crippen LogP contribution is 2.33. The van der Waals surface area contributed by atoms with E-state index in [0.29, 0.717) is 24.9 Å². The average Bonchev–Trinajstić information content (AvgIpc) is 2.92. The van der Waals surface area contributed by atoms with Crippen molar-refractivity contribution in [3.63, 3.8) is 0 Å².